The third-order valence-corrected chi connectivity index (χ3v) is 5.32. The Morgan fingerprint density at radius 2 is 1.58 bits per heavy atom. The van der Waals surface area contributed by atoms with Crippen LogP contribution in [0, 0.1) is 0 Å². The smallest absolute Gasteiger partial charge is 0.252 e. The largest absolute Gasteiger partial charge is 0.342 e. The van der Waals surface area contributed by atoms with E-state index in [1.165, 1.54) is 6.07 Å². The number of pyridine rings is 1. The number of rotatable bonds is 5. The Labute approximate surface area is 178 Å². The van der Waals surface area contributed by atoms with Gasteiger partial charge in [-0.15, -0.1) is 0 Å². The lowest BCUT2D eigenvalue weighted by atomic mass is 10.0. The molecule has 0 saturated carbocycles. The normalized spacial score (nSPS) is 12.1. The van der Waals surface area contributed by atoms with Gasteiger partial charge in [-0.3, -0.25) is 9.59 Å². The summed E-state index contributed by atoms with van der Waals surface area (Å²) in [5, 5.41) is 3.79. The highest BCUT2D eigenvalue weighted by molar-refractivity contribution is 6.06. The van der Waals surface area contributed by atoms with Crippen molar-refractivity contribution < 1.29 is 4.79 Å². The second-order valence-corrected chi connectivity index (χ2v) is 7.45. The zero-order valence-electron chi connectivity index (χ0n) is 16.6. The van der Waals surface area contributed by atoms with E-state index in [1.807, 2.05) is 72.8 Å². The van der Waals surface area contributed by atoms with Crippen LogP contribution in [0.3, 0.4) is 0 Å². The van der Waals surface area contributed by atoms with Crippen molar-refractivity contribution in [3.63, 3.8) is 0 Å². The third-order valence-electron chi connectivity index (χ3n) is 5.32. The van der Waals surface area contributed by atoms with Crippen LogP contribution in [0.2, 0.25) is 0 Å². The SMILES string of the molecule is O=C(NC(Cc1ccccc1)c1nc2ccccc2[nH]1)c1cc(=O)[nH]c2ccccc12. The van der Waals surface area contributed by atoms with Gasteiger partial charge >= 0.3 is 0 Å². The molecule has 1 amide bonds. The van der Waals surface area contributed by atoms with Gasteiger partial charge in [0.1, 0.15) is 5.82 Å². The van der Waals surface area contributed by atoms with E-state index < -0.39 is 0 Å². The summed E-state index contributed by atoms with van der Waals surface area (Å²) in [6.45, 7) is 0. The van der Waals surface area contributed by atoms with Gasteiger partial charge in [0.15, 0.2) is 0 Å². The first-order valence-corrected chi connectivity index (χ1v) is 10.1. The average Bonchev–Trinajstić information content (AvgIpc) is 3.23. The molecule has 2 aromatic heterocycles. The van der Waals surface area contributed by atoms with Gasteiger partial charge in [0.2, 0.25) is 5.56 Å². The Morgan fingerprint density at radius 3 is 2.39 bits per heavy atom. The van der Waals surface area contributed by atoms with Crippen molar-refractivity contribution in [3.8, 4) is 0 Å². The lowest BCUT2D eigenvalue weighted by molar-refractivity contribution is 0.0936. The maximum absolute atomic E-state index is 13.3. The van der Waals surface area contributed by atoms with Crippen molar-refractivity contribution in [2.75, 3.05) is 0 Å². The fraction of sp³-hybridized carbons (Fsp3) is 0.0800. The molecule has 0 radical (unpaired) electrons. The summed E-state index contributed by atoms with van der Waals surface area (Å²) in [4.78, 5) is 36.2. The molecule has 0 bridgehead atoms. The van der Waals surface area contributed by atoms with Gasteiger partial charge in [-0.1, -0.05) is 60.7 Å². The topological polar surface area (TPSA) is 90.6 Å². The van der Waals surface area contributed by atoms with E-state index in [-0.39, 0.29) is 17.5 Å². The molecule has 0 aliphatic rings. The molecule has 5 rings (SSSR count). The van der Waals surface area contributed by atoms with Crippen molar-refractivity contribution >= 4 is 27.8 Å². The number of H-pyrrole nitrogens is 2. The number of hydrogen-bond acceptors (Lipinski definition) is 3. The first kappa shape index (κ1) is 18.8. The van der Waals surface area contributed by atoms with Crippen LogP contribution in [-0.2, 0) is 6.42 Å². The lowest BCUT2D eigenvalue weighted by Crippen LogP contribution is -2.31. The zero-order chi connectivity index (χ0) is 21.2. The Bertz CT molecular complexity index is 1400. The first-order chi connectivity index (χ1) is 15.2. The number of benzene rings is 3. The van der Waals surface area contributed by atoms with Gasteiger partial charge in [0.25, 0.3) is 5.91 Å². The van der Waals surface area contributed by atoms with E-state index in [4.69, 9.17) is 4.98 Å². The molecule has 1 atom stereocenters. The van der Waals surface area contributed by atoms with Crippen molar-refractivity contribution in [1.82, 2.24) is 20.3 Å². The van der Waals surface area contributed by atoms with Gasteiger partial charge in [-0.25, -0.2) is 4.98 Å². The molecule has 5 aromatic rings. The molecule has 31 heavy (non-hydrogen) atoms. The molecular weight excluding hydrogens is 388 g/mol. The van der Waals surface area contributed by atoms with Crippen LogP contribution in [0.15, 0.2) is 89.7 Å². The molecule has 3 aromatic carbocycles. The number of nitrogens with one attached hydrogen (secondary N) is 3. The van der Waals surface area contributed by atoms with Crippen LogP contribution in [0.4, 0.5) is 0 Å². The fourth-order valence-electron chi connectivity index (χ4n) is 3.83. The monoisotopic (exact) mass is 408 g/mol. The summed E-state index contributed by atoms with van der Waals surface area (Å²) >= 11 is 0. The molecule has 0 fully saturated rings. The standard InChI is InChI=1S/C25H20N4O2/c30-23-15-18(17-10-4-5-11-19(17)26-23)25(31)29-22(14-16-8-2-1-3-9-16)24-27-20-12-6-7-13-21(20)28-24/h1-13,15,22H,14H2,(H,26,30)(H,27,28)(H,29,31). The van der Waals surface area contributed by atoms with E-state index in [1.54, 1.807) is 6.07 Å². The minimum absolute atomic E-state index is 0.313. The highest BCUT2D eigenvalue weighted by Gasteiger charge is 2.21. The number of aromatic nitrogens is 3. The molecule has 0 spiro atoms. The summed E-state index contributed by atoms with van der Waals surface area (Å²) in [5.74, 6) is 0.358. The summed E-state index contributed by atoms with van der Waals surface area (Å²) in [7, 11) is 0. The van der Waals surface area contributed by atoms with Gasteiger partial charge in [-0.2, -0.15) is 0 Å². The maximum atomic E-state index is 13.3. The van der Waals surface area contributed by atoms with E-state index >= 15 is 0 Å². The van der Waals surface area contributed by atoms with Crippen molar-refractivity contribution in [2.45, 2.75) is 12.5 Å². The summed E-state index contributed by atoms with van der Waals surface area (Å²) < 4.78 is 0. The number of carbonyl (C=O) groups is 1. The number of imidazole rings is 1. The van der Waals surface area contributed by atoms with Crippen LogP contribution >= 0.6 is 0 Å². The highest BCUT2D eigenvalue weighted by Crippen LogP contribution is 2.22. The summed E-state index contributed by atoms with van der Waals surface area (Å²) in [6.07, 6.45) is 0.563. The third kappa shape index (κ3) is 3.83. The number of nitrogens with zero attached hydrogens (tertiary/aromatic N) is 1. The predicted molar refractivity (Wildman–Crippen MR) is 121 cm³/mol. The molecule has 3 N–H and O–H groups in total. The molecule has 152 valence electrons. The quantitative estimate of drug-likeness (QED) is 0.409. The number of aromatic amines is 2. The zero-order valence-corrected chi connectivity index (χ0v) is 16.6. The number of carbonyl (C=O) groups excluding carboxylic acids is 1. The van der Waals surface area contributed by atoms with E-state index in [2.05, 4.69) is 15.3 Å². The second kappa shape index (κ2) is 7.91. The van der Waals surface area contributed by atoms with Gasteiger partial charge < -0.3 is 15.3 Å². The molecule has 2 heterocycles. The average molecular weight is 408 g/mol. The van der Waals surface area contributed by atoms with Crippen LogP contribution in [-0.4, -0.2) is 20.9 Å². The van der Waals surface area contributed by atoms with Crippen LogP contribution in [0.25, 0.3) is 21.9 Å². The Morgan fingerprint density at radius 1 is 0.871 bits per heavy atom. The van der Waals surface area contributed by atoms with Crippen LogP contribution in [0.1, 0.15) is 27.8 Å². The summed E-state index contributed by atoms with van der Waals surface area (Å²) in [6, 6.07) is 25.9. The molecule has 0 aliphatic heterocycles. The second-order valence-electron chi connectivity index (χ2n) is 7.45. The van der Waals surface area contributed by atoms with Gasteiger partial charge in [0, 0.05) is 17.0 Å². The highest BCUT2D eigenvalue weighted by atomic mass is 16.2. The summed E-state index contributed by atoms with van der Waals surface area (Å²) in [5.41, 5.74) is 3.48. The molecule has 6 heteroatoms. The Hall–Kier alpha value is -4.19. The number of amides is 1. The number of para-hydroxylation sites is 3. The van der Waals surface area contributed by atoms with Gasteiger partial charge in [-0.05, 0) is 30.2 Å². The molecular formula is C25H20N4O2. The van der Waals surface area contributed by atoms with E-state index in [9.17, 15) is 9.59 Å². The first-order valence-electron chi connectivity index (χ1n) is 10.1. The van der Waals surface area contributed by atoms with E-state index in [0.29, 0.717) is 28.7 Å². The lowest BCUT2D eigenvalue weighted by Gasteiger charge is -2.18. The maximum Gasteiger partial charge on any atom is 0.252 e. The number of hydrogen-bond donors (Lipinski definition) is 3. The van der Waals surface area contributed by atoms with Crippen molar-refractivity contribution in [3.05, 3.63) is 112 Å². The van der Waals surface area contributed by atoms with Crippen LogP contribution < -0.4 is 10.9 Å². The minimum Gasteiger partial charge on any atom is -0.342 e. The molecule has 0 aliphatic carbocycles. The molecule has 1 unspecified atom stereocenters. The predicted octanol–water partition coefficient (Wildman–Crippen LogP) is 4.12. The minimum atomic E-state index is -0.389. The van der Waals surface area contributed by atoms with Crippen molar-refractivity contribution in [1.29, 1.82) is 0 Å². The molecule has 0 saturated heterocycles. The van der Waals surface area contributed by atoms with Crippen molar-refractivity contribution in [2.24, 2.45) is 0 Å². The Balaban J connectivity index is 1.54. The van der Waals surface area contributed by atoms with Gasteiger partial charge in [0.05, 0.1) is 22.6 Å². The van der Waals surface area contributed by atoms with Crippen LogP contribution in [0.5, 0.6) is 0 Å². The molecule has 6 nitrogen and oxygen atoms in total. The fourth-order valence-corrected chi connectivity index (χ4v) is 3.83. The number of fused-ring (bicyclic) bond motifs is 2. The van der Waals surface area contributed by atoms with E-state index in [0.717, 1.165) is 16.6 Å². The Kier molecular flexibility index (Phi) is 4.80.